The number of nitrogens with zero attached hydrogens (tertiary/aromatic N) is 2. The molecule has 2 aliphatic rings. The lowest BCUT2D eigenvalue weighted by Crippen LogP contribution is -2.40. The van der Waals surface area contributed by atoms with Gasteiger partial charge in [-0.15, -0.1) is 0 Å². The minimum atomic E-state index is -4.42. The molecule has 8 heteroatoms. The third kappa shape index (κ3) is 5.67. The molecule has 0 N–H and O–H groups in total. The van der Waals surface area contributed by atoms with Crippen LogP contribution < -0.4 is 4.74 Å². The second-order valence-corrected chi connectivity index (χ2v) is 8.60. The van der Waals surface area contributed by atoms with Crippen LogP contribution in [0, 0.1) is 5.92 Å². The summed E-state index contributed by atoms with van der Waals surface area (Å²) in [6, 6.07) is 12.6. The molecule has 1 aliphatic carbocycles. The Hall–Kier alpha value is -3.03. The van der Waals surface area contributed by atoms with Crippen molar-refractivity contribution in [1.82, 2.24) is 4.90 Å². The van der Waals surface area contributed by atoms with Gasteiger partial charge in [0.2, 0.25) is 5.91 Å². The first kappa shape index (κ1) is 23.1. The molecule has 5 nitrogen and oxygen atoms in total. The smallest absolute Gasteiger partial charge is 0.416 e. The maximum Gasteiger partial charge on any atom is 0.416 e. The molecule has 0 spiro atoms. The summed E-state index contributed by atoms with van der Waals surface area (Å²) in [5.41, 5.74) is 1.42. The fraction of sp³-hybridized carbons (Fsp3) is 0.440. The molecule has 1 fully saturated rings. The highest BCUT2D eigenvalue weighted by atomic mass is 19.4. The summed E-state index contributed by atoms with van der Waals surface area (Å²) in [5, 5.41) is 4.20. The summed E-state index contributed by atoms with van der Waals surface area (Å²) in [7, 11) is 1.60. The zero-order valence-electron chi connectivity index (χ0n) is 18.5. The molecule has 1 unspecified atom stereocenters. The molecule has 33 heavy (non-hydrogen) atoms. The van der Waals surface area contributed by atoms with E-state index >= 15 is 0 Å². The van der Waals surface area contributed by atoms with E-state index < -0.39 is 11.7 Å². The van der Waals surface area contributed by atoms with E-state index in [9.17, 15) is 18.0 Å². The highest BCUT2D eigenvalue weighted by molar-refractivity contribution is 6.01. The number of oxime groups is 1. The SMILES string of the molecule is COc1ccc(C2=NOC(CN(Cc3cccc(C(F)(F)F)c3)C(=O)C3CCCC3)C2)cc1. The quantitative estimate of drug-likeness (QED) is 0.554. The van der Waals surface area contributed by atoms with E-state index in [0.717, 1.165) is 54.8 Å². The molecule has 2 aromatic rings. The van der Waals surface area contributed by atoms with Gasteiger partial charge in [0, 0.05) is 18.9 Å². The minimum absolute atomic E-state index is 0.0218. The van der Waals surface area contributed by atoms with Gasteiger partial charge in [0.25, 0.3) is 0 Å². The molecule has 1 aliphatic heterocycles. The number of benzene rings is 2. The number of carbonyl (C=O) groups is 1. The van der Waals surface area contributed by atoms with Crippen LogP contribution in [0.1, 0.15) is 48.8 Å². The van der Waals surface area contributed by atoms with E-state index in [1.807, 2.05) is 24.3 Å². The number of rotatable bonds is 7. The van der Waals surface area contributed by atoms with Gasteiger partial charge in [-0.2, -0.15) is 13.2 Å². The summed E-state index contributed by atoms with van der Waals surface area (Å²) in [6.45, 7) is 0.381. The Balaban J connectivity index is 1.47. The lowest BCUT2D eigenvalue weighted by molar-refractivity contribution is -0.137. The van der Waals surface area contributed by atoms with Crippen molar-refractivity contribution in [3.05, 3.63) is 65.2 Å². The van der Waals surface area contributed by atoms with Gasteiger partial charge in [-0.25, -0.2) is 0 Å². The number of hydrogen-bond donors (Lipinski definition) is 0. The highest BCUT2D eigenvalue weighted by Gasteiger charge is 2.33. The molecule has 2 aromatic carbocycles. The standard InChI is InChI=1S/C25H27F3N2O3/c1-32-21-11-9-18(10-12-21)23-14-22(33-29-23)16-30(24(31)19-6-2-3-7-19)15-17-5-4-8-20(13-17)25(26,27)28/h4-5,8-13,19,22H,2-3,6-7,14-16H2,1H3. The average molecular weight is 460 g/mol. The van der Waals surface area contributed by atoms with Crippen molar-refractivity contribution >= 4 is 11.6 Å². The number of carbonyl (C=O) groups excluding carboxylic acids is 1. The summed E-state index contributed by atoms with van der Waals surface area (Å²) in [6.07, 6.45) is -0.626. The third-order valence-corrected chi connectivity index (χ3v) is 6.22. The van der Waals surface area contributed by atoms with Crippen LogP contribution in [0.3, 0.4) is 0 Å². The molecule has 1 amide bonds. The van der Waals surface area contributed by atoms with Crippen molar-refractivity contribution in [3.8, 4) is 5.75 Å². The van der Waals surface area contributed by atoms with Crippen LogP contribution >= 0.6 is 0 Å². The third-order valence-electron chi connectivity index (χ3n) is 6.22. The van der Waals surface area contributed by atoms with Gasteiger partial charge in [0.15, 0.2) is 6.10 Å². The number of ether oxygens (including phenoxy) is 1. The van der Waals surface area contributed by atoms with Crippen LogP contribution in [0.4, 0.5) is 13.2 Å². The van der Waals surface area contributed by atoms with Gasteiger partial charge < -0.3 is 14.5 Å². The first-order valence-corrected chi connectivity index (χ1v) is 11.2. The molecule has 0 saturated heterocycles. The van der Waals surface area contributed by atoms with Crippen LogP contribution in [-0.4, -0.2) is 36.3 Å². The van der Waals surface area contributed by atoms with E-state index in [4.69, 9.17) is 9.57 Å². The Morgan fingerprint density at radius 1 is 1.15 bits per heavy atom. The second-order valence-electron chi connectivity index (χ2n) is 8.60. The Morgan fingerprint density at radius 3 is 2.55 bits per heavy atom. The lowest BCUT2D eigenvalue weighted by Gasteiger charge is -2.28. The molecular weight excluding hydrogens is 433 g/mol. The summed E-state index contributed by atoms with van der Waals surface area (Å²) < 4.78 is 44.7. The highest BCUT2D eigenvalue weighted by Crippen LogP contribution is 2.31. The Labute approximate surface area is 191 Å². The predicted octanol–water partition coefficient (Wildman–Crippen LogP) is 5.43. The Bertz CT molecular complexity index is 999. The number of halogens is 3. The number of hydrogen-bond acceptors (Lipinski definition) is 4. The van der Waals surface area contributed by atoms with Gasteiger partial charge in [-0.05, 0) is 60.4 Å². The van der Waals surface area contributed by atoms with Crippen LogP contribution in [0.5, 0.6) is 5.75 Å². The van der Waals surface area contributed by atoms with Crippen LogP contribution in [-0.2, 0) is 22.4 Å². The van der Waals surface area contributed by atoms with Crippen molar-refractivity contribution in [2.75, 3.05) is 13.7 Å². The lowest BCUT2D eigenvalue weighted by atomic mass is 10.0. The van der Waals surface area contributed by atoms with Crippen molar-refractivity contribution in [2.45, 2.75) is 50.9 Å². The van der Waals surface area contributed by atoms with Gasteiger partial charge >= 0.3 is 6.18 Å². The van der Waals surface area contributed by atoms with Crippen molar-refractivity contribution < 1.29 is 27.5 Å². The fourth-order valence-electron chi connectivity index (χ4n) is 4.46. The zero-order valence-corrected chi connectivity index (χ0v) is 18.5. The molecule has 176 valence electrons. The first-order valence-electron chi connectivity index (χ1n) is 11.2. The fourth-order valence-corrected chi connectivity index (χ4v) is 4.46. The Kier molecular flexibility index (Phi) is 6.91. The summed E-state index contributed by atoms with van der Waals surface area (Å²) in [4.78, 5) is 20.5. The van der Waals surface area contributed by atoms with E-state index in [1.54, 1.807) is 18.1 Å². The molecule has 0 bridgehead atoms. The van der Waals surface area contributed by atoms with Crippen molar-refractivity contribution in [1.29, 1.82) is 0 Å². The number of alkyl halides is 3. The summed E-state index contributed by atoms with van der Waals surface area (Å²) >= 11 is 0. The van der Waals surface area contributed by atoms with Gasteiger partial charge in [-0.3, -0.25) is 4.79 Å². The maximum absolute atomic E-state index is 13.2. The topological polar surface area (TPSA) is 51.1 Å². The molecule has 0 aromatic heterocycles. The van der Waals surface area contributed by atoms with Crippen LogP contribution in [0.25, 0.3) is 0 Å². The monoisotopic (exact) mass is 460 g/mol. The van der Waals surface area contributed by atoms with Gasteiger partial charge in [0.1, 0.15) is 5.75 Å². The zero-order chi connectivity index (χ0) is 23.4. The van der Waals surface area contributed by atoms with E-state index in [0.29, 0.717) is 12.0 Å². The van der Waals surface area contributed by atoms with E-state index in [2.05, 4.69) is 5.16 Å². The first-order chi connectivity index (χ1) is 15.8. The average Bonchev–Trinajstić information content (AvgIpc) is 3.50. The van der Waals surface area contributed by atoms with Crippen LogP contribution in [0.2, 0.25) is 0 Å². The largest absolute Gasteiger partial charge is 0.497 e. The van der Waals surface area contributed by atoms with Crippen LogP contribution in [0.15, 0.2) is 53.7 Å². The van der Waals surface area contributed by atoms with Crippen molar-refractivity contribution in [3.63, 3.8) is 0 Å². The minimum Gasteiger partial charge on any atom is -0.497 e. The second kappa shape index (κ2) is 9.85. The van der Waals surface area contributed by atoms with Gasteiger partial charge in [0.05, 0.1) is 24.9 Å². The molecule has 4 rings (SSSR count). The predicted molar refractivity (Wildman–Crippen MR) is 118 cm³/mol. The molecule has 1 heterocycles. The van der Waals surface area contributed by atoms with E-state index in [1.165, 1.54) is 6.07 Å². The van der Waals surface area contributed by atoms with Crippen molar-refractivity contribution in [2.24, 2.45) is 11.1 Å². The molecule has 1 atom stereocenters. The summed E-state index contributed by atoms with van der Waals surface area (Å²) in [5.74, 6) is 0.634. The molecule has 0 radical (unpaired) electrons. The normalized spacial score (nSPS) is 18.7. The number of amides is 1. The van der Waals surface area contributed by atoms with Gasteiger partial charge in [-0.1, -0.05) is 30.1 Å². The molecular formula is C25H27F3N2O3. The maximum atomic E-state index is 13.2. The number of methoxy groups -OCH3 is 1. The Morgan fingerprint density at radius 2 is 1.88 bits per heavy atom. The molecule has 1 saturated carbocycles. The van der Waals surface area contributed by atoms with E-state index in [-0.39, 0.29) is 31.0 Å².